The standard InChI is InChI=1S/C10H13O3/c1-8-3-4-9(13-6-5-11)7-10(8)12-2/h3-4,7,11H,1,5-6H2,2H3. The van der Waals surface area contributed by atoms with Crippen LogP contribution in [-0.4, -0.2) is 25.4 Å². The maximum Gasteiger partial charge on any atom is 0.125 e. The average Bonchev–Trinajstić information content (AvgIpc) is 2.16. The molecule has 1 aromatic rings. The van der Waals surface area contributed by atoms with Crippen molar-refractivity contribution in [2.24, 2.45) is 0 Å². The number of rotatable bonds is 4. The molecule has 0 aliphatic heterocycles. The molecular weight excluding hydrogens is 168 g/mol. The molecule has 0 aliphatic rings. The van der Waals surface area contributed by atoms with Crippen molar-refractivity contribution in [2.75, 3.05) is 20.3 Å². The third-order valence-corrected chi connectivity index (χ3v) is 1.62. The van der Waals surface area contributed by atoms with Crippen molar-refractivity contribution in [3.63, 3.8) is 0 Å². The maximum atomic E-state index is 8.54. The minimum atomic E-state index is 0.00837. The fourth-order valence-electron chi connectivity index (χ4n) is 0.978. The fraction of sp³-hybridized carbons (Fsp3) is 0.300. The third kappa shape index (κ3) is 2.63. The van der Waals surface area contributed by atoms with E-state index in [0.717, 1.165) is 5.56 Å². The Labute approximate surface area is 77.9 Å². The molecule has 0 fully saturated rings. The predicted molar refractivity (Wildman–Crippen MR) is 50.0 cm³/mol. The van der Waals surface area contributed by atoms with Gasteiger partial charge in [0, 0.05) is 6.07 Å². The molecule has 0 saturated carbocycles. The summed E-state index contributed by atoms with van der Waals surface area (Å²) < 4.78 is 10.3. The van der Waals surface area contributed by atoms with Crippen molar-refractivity contribution in [2.45, 2.75) is 0 Å². The van der Waals surface area contributed by atoms with Gasteiger partial charge in [-0.15, -0.1) is 0 Å². The summed E-state index contributed by atoms with van der Waals surface area (Å²) in [6, 6.07) is 5.35. The fourth-order valence-corrected chi connectivity index (χ4v) is 0.978. The van der Waals surface area contributed by atoms with E-state index in [4.69, 9.17) is 14.6 Å². The molecule has 0 atom stereocenters. The van der Waals surface area contributed by atoms with E-state index in [-0.39, 0.29) is 6.61 Å². The zero-order valence-corrected chi connectivity index (χ0v) is 7.62. The Kier molecular flexibility index (Phi) is 3.58. The molecular formula is C10H13O3. The lowest BCUT2D eigenvalue weighted by Gasteiger charge is -2.08. The average molecular weight is 181 g/mol. The molecule has 0 aliphatic carbocycles. The molecule has 3 heteroatoms. The third-order valence-electron chi connectivity index (χ3n) is 1.62. The molecule has 1 rings (SSSR count). The van der Waals surface area contributed by atoms with Gasteiger partial charge in [0.05, 0.1) is 13.7 Å². The summed E-state index contributed by atoms with van der Waals surface area (Å²) in [5, 5.41) is 8.54. The van der Waals surface area contributed by atoms with Crippen LogP contribution in [0.2, 0.25) is 0 Å². The van der Waals surface area contributed by atoms with Gasteiger partial charge in [0.2, 0.25) is 0 Å². The number of hydrogen-bond donors (Lipinski definition) is 1. The van der Waals surface area contributed by atoms with Crippen LogP contribution in [0, 0.1) is 6.92 Å². The molecule has 0 amide bonds. The van der Waals surface area contributed by atoms with Gasteiger partial charge in [-0.2, -0.15) is 0 Å². The summed E-state index contributed by atoms with van der Waals surface area (Å²) in [5.74, 6) is 1.37. The Morgan fingerprint density at radius 2 is 2.23 bits per heavy atom. The molecule has 0 heterocycles. The van der Waals surface area contributed by atoms with Crippen molar-refractivity contribution < 1.29 is 14.6 Å². The van der Waals surface area contributed by atoms with Crippen LogP contribution < -0.4 is 9.47 Å². The van der Waals surface area contributed by atoms with E-state index in [1.807, 2.05) is 6.07 Å². The molecule has 1 radical (unpaired) electrons. The molecule has 1 aromatic carbocycles. The van der Waals surface area contributed by atoms with Crippen molar-refractivity contribution in [3.8, 4) is 11.5 Å². The van der Waals surface area contributed by atoms with E-state index in [1.54, 1.807) is 19.2 Å². The number of methoxy groups -OCH3 is 1. The highest BCUT2D eigenvalue weighted by Crippen LogP contribution is 2.23. The minimum absolute atomic E-state index is 0.00837. The van der Waals surface area contributed by atoms with Gasteiger partial charge in [0.15, 0.2) is 0 Å². The van der Waals surface area contributed by atoms with Crippen LogP contribution in [0.1, 0.15) is 5.56 Å². The van der Waals surface area contributed by atoms with Crippen LogP contribution in [-0.2, 0) is 0 Å². The topological polar surface area (TPSA) is 38.7 Å². The first-order chi connectivity index (χ1) is 6.27. The molecule has 13 heavy (non-hydrogen) atoms. The molecule has 0 aromatic heterocycles. The van der Waals surface area contributed by atoms with Gasteiger partial charge in [0.25, 0.3) is 0 Å². The zero-order valence-electron chi connectivity index (χ0n) is 7.62. The number of ether oxygens (including phenoxy) is 2. The minimum Gasteiger partial charge on any atom is -0.496 e. The normalized spacial score (nSPS) is 9.77. The van der Waals surface area contributed by atoms with Gasteiger partial charge in [-0.1, -0.05) is 6.07 Å². The Bertz CT molecular complexity index is 271. The van der Waals surface area contributed by atoms with Gasteiger partial charge < -0.3 is 14.6 Å². The molecule has 1 N–H and O–H groups in total. The van der Waals surface area contributed by atoms with E-state index in [0.29, 0.717) is 18.1 Å². The molecule has 0 saturated heterocycles. The smallest absolute Gasteiger partial charge is 0.125 e. The van der Waals surface area contributed by atoms with E-state index < -0.39 is 0 Å². The number of aliphatic hydroxyl groups excluding tert-OH is 1. The van der Waals surface area contributed by atoms with E-state index in [9.17, 15) is 0 Å². The van der Waals surface area contributed by atoms with Gasteiger partial charge in [-0.3, -0.25) is 0 Å². The summed E-state index contributed by atoms with van der Waals surface area (Å²) in [5.41, 5.74) is 0.818. The monoisotopic (exact) mass is 181 g/mol. The second-order valence-corrected chi connectivity index (χ2v) is 2.55. The van der Waals surface area contributed by atoms with Crippen LogP contribution in [0.25, 0.3) is 0 Å². The first-order valence-corrected chi connectivity index (χ1v) is 4.01. The predicted octanol–water partition coefficient (Wildman–Crippen LogP) is 1.25. The highest BCUT2D eigenvalue weighted by atomic mass is 16.5. The lowest BCUT2D eigenvalue weighted by atomic mass is 10.2. The maximum absolute atomic E-state index is 8.54. The second kappa shape index (κ2) is 4.72. The van der Waals surface area contributed by atoms with E-state index in [2.05, 4.69) is 6.92 Å². The quantitative estimate of drug-likeness (QED) is 0.759. The van der Waals surface area contributed by atoms with Crippen molar-refractivity contribution in [1.29, 1.82) is 0 Å². The van der Waals surface area contributed by atoms with Crippen molar-refractivity contribution in [1.82, 2.24) is 0 Å². The summed E-state index contributed by atoms with van der Waals surface area (Å²) in [6.07, 6.45) is 0. The SMILES string of the molecule is [CH2]c1ccc(OCCO)cc1OC. The number of hydrogen-bond acceptors (Lipinski definition) is 3. The van der Waals surface area contributed by atoms with Crippen LogP contribution in [0.5, 0.6) is 11.5 Å². The molecule has 0 spiro atoms. The van der Waals surface area contributed by atoms with Crippen LogP contribution >= 0.6 is 0 Å². The summed E-state index contributed by atoms with van der Waals surface area (Å²) in [4.78, 5) is 0. The Balaban J connectivity index is 2.74. The van der Waals surface area contributed by atoms with Gasteiger partial charge in [0.1, 0.15) is 18.1 Å². The first kappa shape index (κ1) is 9.86. The Morgan fingerprint density at radius 3 is 2.85 bits per heavy atom. The summed E-state index contributed by atoms with van der Waals surface area (Å²) >= 11 is 0. The second-order valence-electron chi connectivity index (χ2n) is 2.55. The van der Waals surface area contributed by atoms with Crippen molar-refractivity contribution in [3.05, 3.63) is 30.7 Å². The molecule has 0 bridgehead atoms. The van der Waals surface area contributed by atoms with E-state index in [1.165, 1.54) is 0 Å². The highest BCUT2D eigenvalue weighted by Gasteiger charge is 2.00. The van der Waals surface area contributed by atoms with Gasteiger partial charge in [-0.05, 0) is 18.6 Å². The number of benzene rings is 1. The van der Waals surface area contributed by atoms with E-state index >= 15 is 0 Å². The van der Waals surface area contributed by atoms with Crippen LogP contribution in [0.15, 0.2) is 18.2 Å². The van der Waals surface area contributed by atoms with Gasteiger partial charge >= 0.3 is 0 Å². The Hall–Kier alpha value is -1.22. The Morgan fingerprint density at radius 1 is 1.46 bits per heavy atom. The largest absolute Gasteiger partial charge is 0.496 e. The summed E-state index contributed by atoms with van der Waals surface area (Å²) in [6.45, 7) is 4.08. The lowest BCUT2D eigenvalue weighted by molar-refractivity contribution is 0.201. The van der Waals surface area contributed by atoms with Crippen LogP contribution in [0.4, 0.5) is 0 Å². The highest BCUT2D eigenvalue weighted by molar-refractivity contribution is 5.42. The lowest BCUT2D eigenvalue weighted by Crippen LogP contribution is -2.01. The zero-order chi connectivity index (χ0) is 9.68. The number of aliphatic hydroxyl groups is 1. The molecule has 0 unspecified atom stereocenters. The molecule has 71 valence electrons. The molecule has 3 nitrogen and oxygen atoms in total. The van der Waals surface area contributed by atoms with Gasteiger partial charge in [-0.25, -0.2) is 0 Å². The van der Waals surface area contributed by atoms with Crippen molar-refractivity contribution >= 4 is 0 Å². The van der Waals surface area contributed by atoms with Crippen LogP contribution in [0.3, 0.4) is 0 Å². The first-order valence-electron chi connectivity index (χ1n) is 4.01. The summed E-state index contributed by atoms with van der Waals surface area (Å²) in [7, 11) is 1.58.